The number of hydrogen-bond donors (Lipinski definition) is 2. The van der Waals surface area contributed by atoms with Gasteiger partial charge < -0.3 is 24.8 Å². The first-order valence-corrected chi connectivity index (χ1v) is 13.2. The van der Waals surface area contributed by atoms with Crippen molar-refractivity contribution in [3.05, 3.63) is 36.7 Å². The highest BCUT2D eigenvalue weighted by Crippen LogP contribution is 2.20. The maximum atomic E-state index is 12.4. The summed E-state index contributed by atoms with van der Waals surface area (Å²) in [5.74, 6) is 1.32. The molecular weight excluding hydrogens is 484 g/mol. The van der Waals surface area contributed by atoms with Gasteiger partial charge in [-0.3, -0.25) is 9.59 Å². The van der Waals surface area contributed by atoms with Crippen LogP contribution in [-0.4, -0.2) is 94.3 Å². The van der Waals surface area contributed by atoms with Gasteiger partial charge in [-0.05, 0) is 51.3 Å². The molecule has 210 valence electrons. The molecule has 0 bridgehead atoms. The summed E-state index contributed by atoms with van der Waals surface area (Å²) >= 11 is 0. The third kappa shape index (κ3) is 12.3. The van der Waals surface area contributed by atoms with Crippen molar-refractivity contribution in [2.75, 3.05) is 68.5 Å². The molecule has 0 aliphatic carbocycles. The van der Waals surface area contributed by atoms with E-state index in [1.54, 1.807) is 7.11 Å². The van der Waals surface area contributed by atoms with Gasteiger partial charge in [0, 0.05) is 24.6 Å². The molecule has 1 aromatic carbocycles. The van der Waals surface area contributed by atoms with E-state index in [1.165, 1.54) is 0 Å². The van der Waals surface area contributed by atoms with Crippen LogP contribution in [0.2, 0.25) is 0 Å². The first kappa shape index (κ1) is 30.9. The number of ether oxygens (including phenoxy) is 1. The summed E-state index contributed by atoms with van der Waals surface area (Å²) in [6.45, 7) is 4.15. The van der Waals surface area contributed by atoms with Crippen molar-refractivity contribution in [2.45, 2.75) is 38.8 Å². The van der Waals surface area contributed by atoms with Crippen LogP contribution in [-0.2, 0) is 22.7 Å². The number of hydrogen-bond acceptors (Lipinski definition) is 6. The minimum Gasteiger partial charge on any atom is -0.497 e. The quantitative estimate of drug-likeness (QED) is 0.142. The van der Waals surface area contributed by atoms with Crippen LogP contribution >= 0.6 is 0 Å². The number of aryl methyl sites for hydroxylation is 2. The molecule has 11 nitrogen and oxygen atoms in total. The van der Waals surface area contributed by atoms with Crippen LogP contribution in [0.25, 0.3) is 0 Å². The Morgan fingerprint density at radius 1 is 1.00 bits per heavy atom. The molecule has 1 heterocycles. The Kier molecular flexibility index (Phi) is 12.9. The number of imidazole rings is 1. The summed E-state index contributed by atoms with van der Waals surface area (Å²) < 4.78 is 9.87. The monoisotopic (exact) mass is 530 g/mol. The molecule has 11 heteroatoms. The van der Waals surface area contributed by atoms with Gasteiger partial charge in [-0.25, -0.2) is 9.13 Å². The fraction of sp³-hybridized carbons (Fsp3) is 0.593. The maximum Gasteiger partial charge on any atom is 0.421 e. The van der Waals surface area contributed by atoms with Crippen LogP contribution in [0.1, 0.15) is 25.7 Å². The number of amides is 2. The minimum atomic E-state index is -0.00435. The summed E-state index contributed by atoms with van der Waals surface area (Å²) in [6.07, 6.45) is 6.24. The Morgan fingerprint density at radius 3 is 2.29 bits per heavy atom. The Bertz CT molecular complexity index is 1030. The Balaban J connectivity index is 2.01. The van der Waals surface area contributed by atoms with Gasteiger partial charge in [0.1, 0.15) is 11.4 Å². The second-order valence-corrected chi connectivity index (χ2v) is 10.6. The van der Waals surface area contributed by atoms with Crippen molar-refractivity contribution < 1.29 is 23.4 Å². The highest BCUT2D eigenvalue weighted by Gasteiger charge is 2.19. The Morgan fingerprint density at radius 2 is 1.66 bits per heavy atom. The van der Waals surface area contributed by atoms with Crippen molar-refractivity contribution in [3.63, 3.8) is 0 Å². The molecule has 0 aliphatic heterocycles. The molecule has 38 heavy (non-hydrogen) atoms. The Labute approximate surface area is 227 Å². The summed E-state index contributed by atoms with van der Waals surface area (Å²) in [7, 11) is 12.1. The topological polar surface area (TPSA) is 104 Å². The fourth-order valence-electron chi connectivity index (χ4n) is 3.70. The predicted octanol–water partition coefficient (Wildman–Crippen LogP) is 2.26. The number of azo groups is 1. The number of nitrogens with zero attached hydrogens (tertiary/aromatic N) is 6. The Hall–Kier alpha value is -3.31. The first-order chi connectivity index (χ1) is 18.1. The van der Waals surface area contributed by atoms with Gasteiger partial charge in [-0.2, -0.15) is 0 Å². The van der Waals surface area contributed by atoms with Crippen LogP contribution in [0, 0.1) is 0 Å². The van der Waals surface area contributed by atoms with Gasteiger partial charge >= 0.3 is 5.95 Å². The van der Waals surface area contributed by atoms with E-state index < -0.39 is 0 Å². The molecule has 2 aromatic rings. The van der Waals surface area contributed by atoms with E-state index in [9.17, 15) is 9.59 Å². The van der Waals surface area contributed by atoms with Gasteiger partial charge in [0.15, 0.2) is 0 Å². The SMILES string of the molecule is COc1ccc(N=Nc2n(CCC(=O)NCCCN(C)C)cc[n+]2CCC(=O)NCCC[N+](C)(C)C)cc1. The molecule has 0 saturated carbocycles. The molecule has 2 amide bonds. The summed E-state index contributed by atoms with van der Waals surface area (Å²) in [6, 6.07) is 7.30. The molecule has 0 aliphatic rings. The van der Waals surface area contributed by atoms with E-state index in [0.717, 1.165) is 36.2 Å². The largest absolute Gasteiger partial charge is 0.497 e. The van der Waals surface area contributed by atoms with Crippen LogP contribution in [0.3, 0.4) is 0 Å². The number of rotatable bonds is 17. The number of methoxy groups -OCH3 is 1. The van der Waals surface area contributed by atoms with E-state index in [1.807, 2.05) is 59.9 Å². The normalized spacial score (nSPS) is 11.8. The average molecular weight is 531 g/mol. The van der Waals surface area contributed by atoms with E-state index >= 15 is 0 Å². The van der Waals surface area contributed by atoms with Gasteiger partial charge in [0.05, 0.1) is 73.1 Å². The molecule has 0 saturated heterocycles. The van der Waals surface area contributed by atoms with Crippen molar-refractivity contribution in [1.82, 2.24) is 20.1 Å². The lowest BCUT2D eigenvalue weighted by Crippen LogP contribution is -2.39. The smallest absolute Gasteiger partial charge is 0.421 e. The second-order valence-electron chi connectivity index (χ2n) is 10.6. The van der Waals surface area contributed by atoms with E-state index in [-0.39, 0.29) is 11.8 Å². The number of carbonyl (C=O) groups excluding carboxylic acids is 2. The molecule has 2 N–H and O–H groups in total. The van der Waals surface area contributed by atoms with Gasteiger partial charge in [0.2, 0.25) is 11.8 Å². The molecule has 0 spiro atoms. The number of benzene rings is 1. The third-order valence-electron chi connectivity index (χ3n) is 5.86. The standard InChI is InChI=1S/C27H44N8O3/c1-32(2)17-7-15-28-25(36)13-18-33-20-21-34(19-14-26(37)29-16-8-22-35(3,4)5)27(33)31-30-23-9-11-24(38-6)12-10-23/h9-12,20-21H,7-8,13-19,22H2,1-6H3/p+2. The number of aromatic nitrogens is 2. The second kappa shape index (κ2) is 15.8. The fourth-order valence-corrected chi connectivity index (χ4v) is 3.70. The van der Waals surface area contributed by atoms with Crippen LogP contribution < -0.4 is 19.9 Å². The zero-order valence-corrected chi connectivity index (χ0v) is 23.9. The van der Waals surface area contributed by atoms with E-state index in [0.29, 0.717) is 50.7 Å². The molecule has 1 aromatic heterocycles. The molecular formula is C27H46N8O3+2. The highest BCUT2D eigenvalue weighted by atomic mass is 16.5. The highest BCUT2D eigenvalue weighted by molar-refractivity contribution is 5.76. The van der Waals surface area contributed by atoms with Crippen LogP contribution in [0.5, 0.6) is 5.75 Å². The zero-order valence-electron chi connectivity index (χ0n) is 23.9. The van der Waals surface area contributed by atoms with Gasteiger partial charge in [-0.1, -0.05) is 5.11 Å². The number of quaternary nitrogens is 1. The maximum absolute atomic E-state index is 12.4. The third-order valence-corrected chi connectivity index (χ3v) is 5.86. The summed E-state index contributed by atoms with van der Waals surface area (Å²) in [5, 5.41) is 14.8. The average Bonchev–Trinajstić information content (AvgIpc) is 3.26. The van der Waals surface area contributed by atoms with Crippen molar-refractivity contribution in [3.8, 4) is 5.75 Å². The number of carbonyl (C=O) groups is 2. The van der Waals surface area contributed by atoms with Crippen LogP contribution in [0.15, 0.2) is 46.9 Å². The molecule has 0 atom stereocenters. The predicted molar refractivity (Wildman–Crippen MR) is 148 cm³/mol. The van der Waals surface area contributed by atoms with Gasteiger partial charge in [-0.15, -0.1) is 0 Å². The lowest BCUT2D eigenvalue weighted by molar-refractivity contribution is -0.870. The molecule has 2 rings (SSSR count). The number of nitrogens with one attached hydrogen (secondary N) is 2. The van der Waals surface area contributed by atoms with E-state index in [4.69, 9.17) is 4.74 Å². The van der Waals surface area contributed by atoms with E-state index in [2.05, 4.69) is 46.9 Å². The zero-order chi connectivity index (χ0) is 28.0. The first-order valence-electron chi connectivity index (χ1n) is 13.2. The molecule has 0 unspecified atom stereocenters. The summed E-state index contributed by atoms with van der Waals surface area (Å²) in [4.78, 5) is 26.9. The molecule has 0 fully saturated rings. The van der Waals surface area contributed by atoms with Crippen molar-refractivity contribution in [1.29, 1.82) is 0 Å². The van der Waals surface area contributed by atoms with Crippen LogP contribution in [0.4, 0.5) is 11.6 Å². The summed E-state index contributed by atoms with van der Waals surface area (Å²) in [5.41, 5.74) is 0.679. The van der Waals surface area contributed by atoms with Crippen molar-refractivity contribution >= 4 is 23.5 Å². The minimum absolute atomic E-state index is 0.00167. The van der Waals surface area contributed by atoms with Crippen molar-refractivity contribution in [2.24, 2.45) is 10.2 Å². The van der Waals surface area contributed by atoms with Gasteiger partial charge in [0.25, 0.3) is 0 Å². The lowest BCUT2D eigenvalue weighted by Gasteiger charge is -2.23. The lowest BCUT2D eigenvalue weighted by atomic mass is 10.3. The molecule has 0 radical (unpaired) electrons.